The highest BCUT2D eigenvalue weighted by Gasteiger charge is 2.09. The molecule has 1 rings (SSSR count). The Hall–Kier alpha value is -0.0400. The van der Waals surface area contributed by atoms with Crippen molar-refractivity contribution in [2.45, 2.75) is 37.9 Å². The van der Waals surface area contributed by atoms with Crippen LogP contribution in [0.2, 0.25) is 0 Å². The van der Waals surface area contributed by atoms with Crippen molar-refractivity contribution in [2.75, 3.05) is 0 Å². The number of hydrogen-bond donors (Lipinski definition) is 0. The summed E-state index contributed by atoms with van der Waals surface area (Å²) in [7, 11) is 0. The first-order valence-electron chi connectivity index (χ1n) is 7.20. The Balaban J connectivity index is 3.72. The average molecular weight is 110 g/mol. The van der Waals surface area contributed by atoms with Gasteiger partial charge in [0.2, 0.25) is 0 Å². The van der Waals surface area contributed by atoms with Crippen molar-refractivity contribution in [1.82, 2.24) is 0 Å². The Kier molecular flexibility index (Phi) is 0.253. The predicted octanol–water partition coefficient (Wildman–Crippen LogP) is 1.75. The summed E-state index contributed by atoms with van der Waals surface area (Å²) in [4.78, 5) is 0. The van der Waals surface area contributed by atoms with Gasteiger partial charge in [-0.1, -0.05) is 19.1 Å². The molecule has 1 heteroatoms. The third kappa shape index (κ3) is 1.48. The molecule has 41 valence electrons. The van der Waals surface area contributed by atoms with Crippen LogP contribution in [0.15, 0.2) is 0 Å². The maximum Gasteiger partial charge on any atom is 0.0930 e. The van der Waals surface area contributed by atoms with Gasteiger partial charge in [0.05, 0.1) is 7.45 Å². The van der Waals surface area contributed by atoms with Crippen LogP contribution in [0.4, 0.5) is 0 Å². The van der Waals surface area contributed by atoms with E-state index in [4.69, 9.17) is 15.1 Å². The molecule has 0 aromatic heterocycles. The van der Waals surface area contributed by atoms with Gasteiger partial charge in [0.15, 0.2) is 0 Å². The molecule has 1 aliphatic carbocycles. The average Bonchev–Trinajstić information content (AvgIpc) is 2.14. The molecule has 0 unspecified atom stereocenters. The fourth-order valence-electron chi connectivity index (χ4n) is 0.239. The molecule has 0 N–H and O–H groups in total. The zero-order valence-corrected chi connectivity index (χ0v) is 3.41. The van der Waals surface area contributed by atoms with E-state index in [2.05, 4.69) is 0 Å². The quantitative estimate of drug-likeness (QED) is 0.453. The van der Waals surface area contributed by atoms with Gasteiger partial charge in [0, 0.05) is 13.7 Å². The lowest BCUT2D eigenvalue weighted by Crippen LogP contribution is -2.08. The minimum atomic E-state index is -4.03. The standard InChI is InChI=1S/C6H11O/c7-6-4-2-1-3-5-6/h6H,1-5H2/i1D2,2D2,3D2,4D2,5D2,6D. The van der Waals surface area contributed by atoms with E-state index in [1.165, 1.54) is 0 Å². The fourth-order valence-corrected chi connectivity index (χ4v) is 0.239. The van der Waals surface area contributed by atoms with E-state index in [-0.39, 0.29) is 0 Å². The first kappa shape index (κ1) is 0.766. The first-order valence-corrected chi connectivity index (χ1v) is 1.70. The molecule has 1 saturated carbocycles. The molecule has 1 radical (unpaired) electrons. The van der Waals surface area contributed by atoms with Crippen molar-refractivity contribution in [1.29, 1.82) is 0 Å². The van der Waals surface area contributed by atoms with Crippen LogP contribution in [-0.2, 0) is 5.11 Å². The Morgan fingerprint density at radius 1 is 1.43 bits per heavy atom. The summed E-state index contributed by atoms with van der Waals surface area (Å²) in [5.74, 6) is 0. The second-order valence-electron chi connectivity index (χ2n) is 0.954. The van der Waals surface area contributed by atoms with Gasteiger partial charge >= 0.3 is 0 Å². The molecular formula is C6H11O. The van der Waals surface area contributed by atoms with Crippen molar-refractivity contribution < 1.29 is 20.2 Å². The first-order chi connectivity index (χ1) is 7.50. The smallest absolute Gasteiger partial charge is 0.0930 e. The van der Waals surface area contributed by atoms with Crippen LogP contribution in [0.1, 0.15) is 46.9 Å². The van der Waals surface area contributed by atoms with E-state index in [9.17, 15) is 5.11 Å². The van der Waals surface area contributed by atoms with Crippen molar-refractivity contribution in [3.8, 4) is 0 Å². The predicted molar refractivity (Wildman–Crippen MR) is 27.6 cm³/mol. The highest BCUT2D eigenvalue weighted by atomic mass is 16.3. The lowest BCUT2D eigenvalue weighted by molar-refractivity contribution is 0.0564. The van der Waals surface area contributed by atoms with Crippen LogP contribution < -0.4 is 0 Å². The molecule has 0 spiro atoms. The van der Waals surface area contributed by atoms with E-state index in [1.807, 2.05) is 0 Å². The van der Waals surface area contributed by atoms with E-state index in [1.54, 1.807) is 0 Å². The highest BCUT2D eigenvalue weighted by molar-refractivity contribution is 4.61. The summed E-state index contributed by atoms with van der Waals surface area (Å²) in [6, 6.07) is 0. The normalized spacial score (nSPS) is 89.0. The van der Waals surface area contributed by atoms with E-state index >= 15 is 0 Å². The van der Waals surface area contributed by atoms with Crippen molar-refractivity contribution in [2.24, 2.45) is 0 Å². The zero-order valence-electron chi connectivity index (χ0n) is 14.4. The minimum Gasteiger partial charge on any atom is -0.233 e. The van der Waals surface area contributed by atoms with Gasteiger partial charge in [0.1, 0.15) is 0 Å². The molecule has 0 atom stereocenters. The van der Waals surface area contributed by atoms with Gasteiger partial charge in [-0.05, 0) is 12.7 Å². The molecule has 0 amide bonds. The molecule has 1 aliphatic rings. The molecule has 0 aromatic carbocycles. The summed E-state index contributed by atoms with van der Waals surface area (Å²) in [6.07, 6.45) is -22.4. The second-order valence-corrected chi connectivity index (χ2v) is 0.954. The summed E-state index contributed by atoms with van der Waals surface area (Å²) < 4.78 is 80.1. The van der Waals surface area contributed by atoms with Crippen LogP contribution in [0.25, 0.3) is 0 Å². The molecule has 1 fully saturated rings. The third-order valence-corrected chi connectivity index (χ3v) is 0.477. The van der Waals surface area contributed by atoms with Crippen molar-refractivity contribution in [3.05, 3.63) is 0 Å². The maximum absolute atomic E-state index is 11.8. The molecule has 0 bridgehead atoms. The lowest BCUT2D eigenvalue weighted by atomic mass is 9.98. The van der Waals surface area contributed by atoms with Crippen molar-refractivity contribution in [3.63, 3.8) is 0 Å². The Morgan fingerprint density at radius 3 is 2.57 bits per heavy atom. The maximum atomic E-state index is 11.8. The molecule has 1 nitrogen and oxygen atoms in total. The SMILES string of the molecule is [2H]C1([2H])C([2H])([2H])C([2H])([2H])C([2H])([O])C([2H])([2H])C1([2H])[2H]. The number of hydrogen-bond acceptors (Lipinski definition) is 0. The molecule has 0 aliphatic heterocycles. The molecule has 7 heavy (non-hydrogen) atoms. The van der Waals surface area contributed by atoms with E-state index < -0.39 is 37.9 Å². The summed E-state index contributed by atoms with van der Waals surface area (Å²) in [6.45, 7) is 0. The monoisotopic (exact) mass is 110 g/mol. The number of rotatable bonds is 0. The van der Waals surface area contributed by atoms with E-state index in [0.717, 1.165) is 0 Å². The Bertz CT molecular complexity index is 253. The summed E-state index contributed by atoms with van der Waals surface area (Å²) in [5, 5.41) is 11.8. The van der Waals surface area contributed by atoms with E-state index in [0.29, 0.717) is 0 Å². The van der Waals surface area contributed by atoms with Crippen LogP contribution in [0.5, 0.6) is 0 Å². The zero-order chi connectivity index (χ0) is 15.0. The second kappa shape index (κ2) is 2.31. The molecule has 0 aromatic rings. The van der Waals surface area contributed by atoms with Gasteiger partial charge in [-0.15, -0.1) is 0 Å². The largest absolute Gasteiger partial charge is 0.233 e. The molecule has 0 saturated heterocycles. The van der Waals surface area contributed by atoms with Crippen LogP contribution in [0, 0.1) is 0 Å². The van der Waals surface area contributed by atoms with Gasteiger partial charge in [0.25, 0.3) is 0 Å². The van der Waals surface area contributed by atoms with Gasteiger partial charge in [-0.3, -0.25) is 0 Å². The van der Waals surface area contributed by atoms with Crippen LogP contribution in [0.3, 0.4) is 0 Å². The van der Waals surface area contributed by atoms with Gasteiger partial charge in [-0.25, -0.2) is 5.11 Å². The summed E-state index contributed by atoms with van der Waals surface area (Å²) >= 11 is 0. The Labute approximate surface area is 59.8 Å². The molecule has 0 heterocycles. The topological polar surface area (TPSA) is 19.9 Å². The molecular weight excluding hydrogens is 88.1 g/mol. The third-order valence-electron chi connectivity index (χ3n) is 0.477. The highest BCUT2D eigenvalue weighted by Crippen LogP contribution is 2.16. The van der Waals surface area contributed by atoms with Crippen LogP contribution in [-0.4, -0.2) is 6.08 Å². The fraction of sp³-hybridized carbons (Fsp3) is 1.00. The minimum absolute atomic E-state index is 3.61. The van der Waals surface area contributed by atoms with Gasteiger partial charge in [-0.2, -0.15) is 0 Å². The summed E-state index contributed by atoms with van der Waals surface area (Å²) in [5.41, 5.74) is 0. The lowest BCUT2D eigenvalue weighted by Gasteiger charge is -2.12. The van der Waals surface area contributed by atoms with Crippen LogP contribution >= 0.6 is 0 Å². The Morgan fingerprint density at radius 2 is 2.00 bits per heavy atom. The van der Waals surface area contributed by atoms with Gasteiger partial charge < -0.3 is 0 Å². The van der Waals surface area contributed by atoms with Crippen molar-refractivity contribution >= 4 is 0 Å².